The fraction of sp³-hybridized carbons (Fsp3) is 0.625. The molecule has 0 radical (unpaired) electrons. The molecule has 1 aliphatic heterocycles. The fourth-order valence-corrected chi connectivity index (χ4v) is 3.65. The summed E-state index contributed by atoms with van der Waals surface area (Å²) in [5, 5.41) is 20.7. The number of hydrogen-bond donors (Lipinski definition) is 2. The Morgan fingerprint density at radius 3 is 2.43 bits per heavy atom. The monoisotopic (exact) mass is 344 g/mol. The van der Waals surface area contributed by atoms with Crippen LogP contribution in [-0.2, 0) is 9.84 Å². The molecular weight excluding hydrogens is 316 g/mol. The van der Waals surface area contributed by atoms with Crippen molar-refractivity contribution in [2.45, 2.75) is 26.8 Å². The second-order valence-electron chi connectivity index (χ2n) is 6.23. The van der Waals surface area contributed by atoms with E-state index in [1.807, 2.05) is 20.8 Å². The molecule has 1 unspecified atom stereocenters. The minimum atomic E-state index is -3.48. The first-order valence-electron chi connectivity index (χ1n) is 7.67. The van der Waals surface area contributed by atoms with Crippen molar-refractivity contribution in [1.82, 2.24) is 9.96 Å². The summed E-state index contributed by atoms with van der Waals surface area (Å²) >= 11 is 0. The maximum atomic E-state index is 12.0. The van der Waals surface area contributed by atoms with Crippen LogP contribution in [0.2, 0.25) is 0 Å². The van der Waals surface area contributed by atoms with Crippen molar-refractivity contribution in [3.8, 4) is 0 Å². The van der Waals surface area contributed by atoms with Gasteiger partial charge in [-0.1, -0.05) is 26.5 Å². The van der Waals surface area contributed by atoms with E-state index in [1.54, 1.807) is 6.08 Å². The highest BCUT2D eigenvalue weighted by Crippen LogP contribution is 2.22. The molecule has 2 N–H and O–H groups in total. The third-order valence-corrected chi connectivity index (χ3v) is 5.31. The summed E-state index contributed by atoms with van der Waals surface area (Å²) in [6, 6.07) is -0.00511. The lowest BCUT2D eigenvalue weighted by Gasteiger charge is -2.41. The quantitative estimate of drug-likeness (QED) is 0.709. The van der Waals surface area contributed by atoms with Gasteiger partial charge in [-0.15, -0.1) is 0 Å². The van der Waals surface area contributed by atoms with Crippen molar-refractivity contribution in [3.05, 3.63) is 34.9 Å². The molecule has 0 aliphatic carbocycles. The lowest BCUT2D eigenvalue weighted by atomic mass is 10.0. The van der Waals surface area contributed by atoms with Crippen LogP contribution in [0.5, 0.6) is 0 Å². The first-order chi connectivity index (χ1) is 10.6. The molecule has 1 rings (SSSR count). The Hall–Kier alpha value is -1.15. The molecule has 1 fully saturated rings. The van der Waals surface area contributed by atoms with Gasteiger partial charge in [0.2, 0.25) is 0 Å². The van der Waals surface area contributed by atoms with Crippen LogP contribution in [0.25, 0.3) is 0 Å². The number of aliphatic hydroxyl groups excluding tert-OH is 1. The number of piperazine rings is 1. The van der Waals surface area contributed by atoms with Gasteiger partial charge in [0.25, 0.3) is 0 Å². The normalized spacial score (nSPS) is 22.3. The van der Waals surface area contributed by atoms with Crippen LogP contribution in [0.4, 0.5) is 0 Å². The van der Waals surface area contributed by atoms with Gasteiger partial charge in [0, 0.05) is 31.6 Å². The predicted molar refractivity (Wildman–Crippen MR) is 91.6 cm³/mol. The molecule has 1 heterocycles. The Kier molecular flexibility index (Phi) is 7.01. The molecule has 0 aromatic rings. The summed E-state index contributed by atoms with van der Waals surface area (Å²) in [5.41, 5.74) is 1.07. The molecule has 0 saturated carbocycles. The number of hydroxylamine groups is 2. The summed E-state index contributed by atoms with van der Waals surface area (Å²) in [7, 11) is -3.48. The second kappa shape index (κ2) is 8.10. The van der Waals surface area contributed by atoms with Crippen molar-refractivity contribution in [1.29, 1.82) is 0 Å². The van der Waals surface area contributed by atoms with E-state index in [4.69, 9.17) is 0 Å². The molecule has 0 bridgehead atoms. The first-order valence-corrected chi connectivity index (χ1v) is 9.56. The van der Waals surface area contributed by atoms with E-state index in [2.05, 4.69) is 11.5 Å². The highest BCUT2D eigenvalue weighted by Gasteiger charge is 2.28. The molecule has 0 spiro atoms. The summed E-state index contributed by atoms with van der Waals surface area (Å²) < 4.78 is 24.0. The summed E-state index contributed by atoms with van der Waals surface area (Å²) in [6.07, 6.45) is 4.06. The van der Waals surface area contributed by atoms with Gasteiger partial charge in [-0.2, -0.15) is 5.06 Å². The zero-order valence-electron chi connectivity index (χ0n) is 14.4. The van der Waals surface area contributed by atoms with Gasteiger partial charge in [0.05, 0.1) is 17.6 Å². The van der Waals surface area contributed by atoms with Crippen LogP contribution in [0, 0.1) is 5.92 Å². The van der Waals surface area contributed by atoms with Crippen molar-refractivity contribution in [2.75, 3.05) is 32.5 Å². The Balaban J connectivity index is 3.15. The minimum absolute atomic E-state index is 0.00511. The van der Waals surface area contributed by atoms with E-state index < -0.39 is 9.84 Å². The molecule has 0 amide bonds. The van der Waals surface area contributed by atoms with Crippen LogP contribution in [0.15, 0.2) is 34.9 Å². The molecule has 1 saturated heterocycles. The van der Waals surface area contributed by atoms with Crippen molar-refractivity contribution >= 4 is 9.84 Å². The molecule has 1 aliphatic rings. The zero-order chi connectivity index (χ0) is 17.8. The molecule has 0 aromatic heterocycles. The van der Waals surface area contributed by atoms with Crippen LogP contribution in [0.3, 0.4) is 0 Å². The van der Waals surface area contributed by atoms with Gasteiger partial charge >= 0.3 is 0 Å². The Morgan fingerprint density at radius 1 is 1.39 bits per heavy atom. The van der Waals surface area contributed by atoms with Gasteiger partial charge in [-0.25, -0.2) is 8.42 Å². The van der Waals surface area contributed by atoms with Crippen molar-refractivity contribution in [2.24, 2.45) is 5.92 Å². The lowest BCUT2D eigenvalue weighted by Crippen LogP contribution is -2.53. The number of nitrogens with zero attached hydrogens (tertiary/aromatic N) is 2. The maximum absolute atomic E-state index is 12.0. The molecule has 7 heteroatoms. The van der Waals surface area contributed by atoms with Crippen molar-refractivity contribution in [3.63, 3.8) is 0 Å². The summed E-state index contributed by atoms with van der Waals surface area (Å²) in [6.45, 7) is 10.8. The molecule has 6 nitrogen and oxygen atoms in total. The summed E-state index contributed by atoms with van der Waals surface area (Å²) in [4.78, 5) is 2.14. The van der Waals surface area contributed by atoms with Crippen LogP contribution in [0.1, 0.15) is 20.8 Å². The number of hydrogen-bond acceptors (Lipinski definition) is 6. The highest BCUT2D eigenvalue weighted by molar-refractivity contribution is 7.94. The van der Waals surface area contributed by atoms with E-state index in [-0.39, 0.29) is 29.0 Å². The smallest absolute Gasteiger partial charge is 0.175 e. The largest absolute Gasteiger partial charge is 0.392 e. The van der Waals surface area contributed by atoms with Gasteiger partial charge < -0.3 is 15.2 Å². The third-order valence-electron chi connectivity index (χ3n) is 4.13. The molecular formula is C16H28N2O4S. The van der Waals surface area contributed by atoms with Gasteiger partial charge in [0.15, 0.2) is 9.84 Å². The number of aliphatic hydroxyl groups is 1. The molecule has 1 atom stereocenters. The van der Waals surface area contributed by atoms with E-state index in [0.29, 0.717) is 19.6 Å². The Morgan fingerprint density at radius 2 is 2.00 bits per heavy atom. The van der Waals surface area contributed by atoms with E-state index in [9.17, 15) is 18.7 Å². The number of allylic oxidation sites excluding steroid dienone is 2. The standard InChI is InChI=1S/C16H28N2O4S/c1-6-14(11-19)16(23(5,21)22)9-13(4)17-7-8-18(20)15(10-17)12(2)3/h6,9,12,15,19-20H,1,7-8,10-11H2,2-5H3/b13-9+,16-14-. The van der Waals surface area contributed by atoms with Crippen LogP contribution in [-0.4, -0.2) is 67.2 Å². The molecule has 132 valence electrons. The predicted octanol–water partition coefficient (Wildman–Crippen LogP) is 1.40. The third kappa shape index (κ3) is 5.17. The Labute approximate surface area is 139 Å². The fourth-order valence-electron chi connectivity index (χ4n) is 2.64. The maximum Gasteiger partial charge on any atom is 0.175 e. The number of rotatable bonds is 6. The molecule has 23 heavy (non-hydrogen) atoms. The average Bonchev–Trinajstić information content (AvgIpc) is 2.46. The van der Waals surface area contributed by atoms with Crippen LogP contribution < -0.4 is 0 Å². The second-order valence-corrected chi connectivity index (χ2v) is 8.21. The molecule has 0 aromatic carbocycles. The van der Waals surface area contributed by atoms with Crippen molar-refractivity contribution < 1.29 is 18.7 Å². The van der Waals surface area contributed by atoms with Crippen LogP contribution >= 0.6 is 0 Å². The van der Waals surface area contributed by atoms with Gasteiger partial charge in [-0.05, 0) is 24.5 Å². The summed E-state index contributed by atoms with van der Waals surface area (Å²) in [5.74, 6) is 0.279. The van der Waals surface area contributed by atoms with E-state index in [1.165, 1.54) is 11.1 Å². The lowest BCUT2D eigenvalue weighted by molar-refractivity contribution is -0.162. The minimum Gasteiger partial charge on any atom is -0.392 e. The van der Waals surface area contributed by atoms with E-state index >= 15 is 0 Å². The number of sulfone groups is 1. The Bertz CT molecular complexity index is 593. The first kappa shape index (κ1) is 19.9. The topological polar surface area (TPSA) is 81.1 Å². The van der Waals surface area contributed by atoms with Gasteiger partial charge in [-0.3, -0.25) is 0 Å². The zero-order valence-corrected chi connectivity index (χ0v) is 15.2. The van der Waals surface area contributed by atoms with Gasteiger partial charge in [0.1, 0.15) is 0 Å². The van der Waals surface area contributed by atoms with E-state index in [0.717, 1.165) is 12.0 Å². The SMILES string of the molecule is C=C/C(CO)=C(\C=C(/C)N1CCN(O)C(C(C)C)C1)S(C)(=O)=O. The average molecular weight is 344 g/mol. The highest BCUT2D eigenvalue weighted by atomic mass is 32.2.